The summed E-state index contributed by atoms with van der Waals surface area (Å²) in [5, 5.41) is 9.33. The van der Waals surface area contributed by atoms with Gasteiger partial charge >= 0.3 is 5.76 Å². The van der Waals surface area contributed by atoms with Gasteiger partial charge in [0.2, 0.25) is 0 Å². The van der Waals surface area contributed by atoms with Gasteiger partial charge in [0.25, 0.3) is 0 Å². The molecular weight excluding hydrogens is 220 g/mol. The van der Waals surface area contributed by atoms with Crippen molar-refractivity contribution >= 4 is 16.8 Å². The van der Waals surface area contributed by atoms with Crippen LogP contribution in [0.3, 0.4) is 0 Å². The average Bonchev–Trinajstić information content (AvgIpc) is 2.66. The summed E-state index contributed by atoms with van der Waals surface area (Å²) >= 11 is 0. The van der Waals surface area contributed by atoms with Crippen molar-refractivity contribution in [2.45, 2.75) is 19.4 Å². The molecule has 0 aliphatic rings. The van der Waals surface area contributed by atoms with Crippen LogP contribution in [-0.2, 0) is 0 Å². The number of oxazole rings is 1. The maximum Gasteiger partial charge on any atom is 0.417 e. The number of aliphatic hydroxyl groups is 1. The van der Waals surface area contributed by atoms with E-state index in [-0.39, 0.29) is 12.1 Å². The smallest absolute Gasteiger partial charge is 0.408 e. The predicted octanol–water partition coefficient (Wildman–Crippen LogP) is 1.33. The quantitative estimate of drug-likeness (QED) is 0.843. The zero-order valence-corrected chi connectivity index (χ0v) is 10.2. The standard InChI is InChI=1S/C12H16N2O3/c1-12(2,7-15)14(3)8-4-5-10-9(6-8)13-11(16)17-10/h4-6,15H,7H2,1-3H3,(H,13,16). The highest BCUT2D eigenvalue weighted by Crippen LogP contribution is 2.24. The number of benzene rings is 1. The highest BCUT2D eigenvalue weighted by atomic mass is 16.4. The fourth-order valence-corrected chi connectivity index (χ4v) is 1.60. The third-order valence-corrected chi connectivity index (χ3v) is 3.08. The van der Waals surface area contributed by atoms with Crippen molar-refractivity contribution in [1.82, 2.24) is 4.98 Å². The van der Waals surface area contributed by atoms with E-state index in [0.29, 0.717) is 11.1 Å². The molecule has 0 aliphatic heterocycles. The van der Waals surface area contributed by atoms with Crippen molar-refractivity contribution in [2.75, 3.05) is 18.6 Å². The molecule has 1 heterocycles. The molecule has 0 aliphatic carbocycles. The first kappa shape index (κ1) is 11.7. The van der Waals surface area contributed by atoms with Gasteiger partial charge in [0, 0.05) is 12.7 Å². The van der Waals surface area contributed by atoms with E-state index in [1.807, 2.05) is 37.9 Å². The number of H-pyrrole nitrogens is 1. The monoisotopic (exact) mass is 236 g/mol. The number of likely N-dealkylation sites (N-methyl/N-ethyl adjacent to an activating group) is 1. The maximum absolute atomic E-state index is 11.0. The van der Waals surface area contributed by atoms with E-state index in [0.717, 1.165) is 5.69 Å². The molecule has 1 aromatic carbocycles. The third kappa shape index (κ3) is 2.06. The van der Waals surface area contributed by atoms with E-state index in [9.17, 15) is 9.90 Å². The summed E-state index contributed by atoms with van der Waals surface area (Å²) in [5.74, 6) is -0.457. The Morgan fingerprint density at radius 3 is 2.82 bits per heavy atom. The zero-order chi connectivity index (χ0) is 12.6. The minimum Gasteiger partial charge on any atom is -0.408 e. The first-order valence-corrected chi connectivity index (χ1v) is 5.41. The Morgan fingerprint density at radius 2 is 2.18 bits per heavy atom. The number of nitrogens with zero attached hydrogens (tertiary/aromatic N) is 1. The van der Waals surface area contributed by atoms with E-state index in [2.05, 4.69) is 4.98 Å². The van der Waals surface area contributed by atoms with Crippen LogP contribution in [0.15, 0.2) is 27.4 Å². The number of fused-ring (bicyclic) bond motifs is 1. The molecule has 0 spiro atoms. The van der Waals surface area contributed by atoms with E-state index < -0.39 is 5.76 Å². The van der Waals surface area contributed by atoms with Gasteiger partial charge in [-0.1, -0.05) is 0 Å². The molecule has 0 saturated heterocycles. The van der Waals surface area contributed by atoms with Gasteiger partial charge in [-0.15, -0.1) is 0 Å². The lowest BCUT2D eigenvalue weighted by atomic mass is 10.0. The number of anilines is 1. The molecule has 0 atom stereocenters. The highest BCUT2D eigenvalue weighted by molar-refractivity contribution is 5.77. The molecule has 0 bridgehead atoms. The number of aliphatic hydroxyl groups excluding tert-OH is 1. The fraction of sp³-hybridized carbons (Fsp3) is 0.417. The summed E-state index contributed by atoms with van der Waals surface area (Å²) in [7, 11) is 1.90. The van der Waals surface area contributed by atoms with E-state index >= 15 is 0 Å². The summed E-state index contributed by atoms with van der Waals surface area (Å²) in [6.45, 7) is 3.92. The molecule has 0 amide bonds. The average molecular weight is 236 g/mol. The molecule has 0 saturated carbocycles. The second-order valence-corrected chi connectivity index (χ2v) is 4.72. The fourth-order valence-electron chi connectivity index (χ4n) is 1.60. The van der Waals surface area contributed by atoms with Crippen LogP contribution in [0.25, 0.3) is 11.1 Å². The summed E-state index contributed by atoms with van der Waals surface area (Å²) in [6, 6.07) is 5.43. The van der Waals surface area contributed by atoms with Gasteiger partial charge in [0.15, 0.2) is 5.58 Å². The molecule has 0 radical (unpaired) electrons. The Labute approximate surface area is 98.7 Å². The van der Waals surface area contributed by atoms with Crippen molar-refractivity contribution < 1.29 is 9.52 Å². The van der Waals surface area contributed by atoms with Crippen LogP contribution in [-0.4, -0.2) is 29.3 Å². The SMILES string of the molecule is CN(c1ccc2oc(=O)[nH]c2c1)C(C)(C)CO. The Hall–Kier alpha value is -1.75. The van der Waals surface area contributed by atoms with E-state index in [4.69, 9.17) is 4.42 Å². The minimum absolute atomic E-state index is 0.0451. The molecule has 2 N–H and O–H groups in total. The molecule has 0 fully saturated rings. The van der Waals surface area contributed by atoms with Crippen molar-refractivity contribution in [1.29, 1.82) is 0 Å². The van der Waals surface area contributed by atoms with Crippen LogP contribution in [0, 0.1) is 0 Å². The third-order valence-electron chi connectivity index (χ3n) is 3.08. The van der Waals surface area contributed by atoms with Gasteiger partial charge in [-0.25, -0.2) is 4.79 Å². The van der Waals surface area contributed by atoms with Gasteiger partial charge in [-0.3, -0.25) is 4.98 Å². The lowest BCUT2D eigenvalue weighted by Gasteiger charge is -2.35. The largest absolute Gasteiger partial charge is 0.417 e. The number of nitrogens with one attached hydrogen (secondary N) is 1. The molecule has 0 unspecified atom stereocenters. The first-order valence-electron chi connectivity index (χ1n) is 5.41. The number of rotatable bonds is 3. The van der Waals surface area contributed by atoms with Crippen LogP contribution in [0.4, 0.5) is 5.69 Å². The van der Waals surface area contributed by atoms with Gasteiger partial charge in [-0.2, -0.15) is 0 Å². The molecule has 17 heavy (non-hydrogen) atoms. The lowest BCUT2D eigenvalue weighted by molar-refractivity contribution is 0.216. The Balaban J connectivity index is 2.45. The van der Waals surface area contributed by atoms with Crippen LogP contribution < -0.4 is 10.7 Å². The second-order valence-electron chi connectivity index (χ2n) is 4.72. The number of hydrogen-bond donors (Lipinski definition) is 2. The Kier molecular flexibility index (Phi) is 2.71. The normalized spacial score (nSPS) is 12.0. The molecule has 2 rings (SSSR count). The van der Waals surface area contributed by atoms with E-state index in [1.165, 1.54) is 0 Å². The summed E-state index contributed by atoms with van der Waals surface area (Å²) in [4.78, 5) is 15.6. The lowest BCUT2D eigenvalue weighted by Crippen LogP contribution is -2.44. The predicted molar refractivity (Wildman–Crippen MR) is 66.4 cm³/mol. The van der Waals surface area contributed by atoms with Crippen molar-refractivity contribution in [3.05, 3.63) is 28.7 Å². The Bertz CT molecular complexity index is 583. The van der Waals surface area contributed by atoms with Crippen molar-refractivity contribution in [2.24, 2.45) is 0 Å². The number of aromatic nitrogens is 1. The van der Waals surface area contributed by atoms with Gasteiger partial charge in [-0.05, 0) is 32.0 Å². The number of hydrogen-bond acceptors (Lipinski definition) is 4. The maximum atomic E-state index is 11.0. The topological polar surface area (TPSA) is 69.5 Å². The van der Waals surface area contributed by atoms with Crippen molar-refractivity contribution in [3.63, 3.8) is 0 Å². The second kappa shape index (κ2) is 3.92. The molecule has 1 aromatic heterocycles. The zero-order valence-electron chi connectivity index (χ0n) is 10.2. The van der Waals surface area contributed by atoms with Crippen LogP contribution in [0.5, 0.6) is 0 Å². The highest BCUT2D eigenvalue weighted by Gasteiger charge is 2.23. The number of aromatic amines is 1. The van der Waals surface area contributed by atoms with Gasteiger partial charge < -0.3 is 14.4 Å². The summed E-state index contributed by atoms with van der Waals surface area (Å²) in [5.41, 5.74) is 1.74. The van der Waals surface area contributed by atoms with Crippen LogP contribution >= 0.6 is 0 Å². The van der Waals surface area contributed by atoms with E-state index in [1.54, 1.807) is 6.07 Å². The molecule has 92 valence electrons. The van der Waals surface area contributed by atoms with Gasteiger partial charge in [0.1, 0.15) is 0 Å². The summed E-state index contributed by atoms with van der Waals surface area (Å²) < 4.78 is 4.94. The van der Waals surface area contributed by atoms with Gasteiger partial charge in [0.05, 0.1) is 17.7 Å². The van der Waals surface area contributed by atoms with Crippen LogP contribution in [0.2, 0.25) is 0 Å². The minimum atomic E-state index is -0.457. The van der Waals surface area contributed by atoms with Crippen LogP contribution in [0.1, 0.15) is 13.8 Å². The molecule has 5 nitrogen and oxygen atoms in total. The first-order chi connectivity index (χ1) is 7.94. The van der Waals surface area contributed by atoms with Crippen molar-refractivity contribution in [3.8, 4) is 0 Å². The molecule has 2 aromatic rings. The molecular formula is C12H16N2O3. The summed E-state index contributed by atoms with van der Waals surface area (Å²) in [6.07, 6.45) is 0. The Morgan fingerprint density at radius 1 is 1.47 bits per heavy atom. The molecule has 5 heteroatoms.